The first-order valence-corrected chi connectivity index (χ1v) is 9.09. The van der Waals surface area contributed by atoms with Crippen molar-refractivity contribution in [1.29, 1.82) is 0 Å². The minimum atomic E-state index is 0.228. The third-order valence-corrected chi connectivity index (χ3v) is 4.82. The largest absolute Gasteiger partial charge is 0.377 e. The SMILES string of the molecule is CC(C)OCCN1CCN(C(=O)N2CCN(C(C)C)CC2)CC1. The van der Waals surface area contributed by atoms with Crippen LogP contribution in [-0.2, 0) is 4.74 Å². The molecule has 23 heavy (non-hydrogen) atoms. The van der Waals surface area contributed by atoms with E-state index in [1.807, 2.05) is 9.80 Å². The molecule has 2 rings (SSSR count). The first-order valence-electron chi connectivity index (χ1n) is 9.09. The lowest BCUT2D eigenvalue weighted by Gasteiger charge is -2.41. The van der Waals surface area contributed by atoms with Crippen molar-refractivity contribution in [2.45, 2.75) is 39.8 Å². The van der Waals surface area contributed by atoms with Gasteiger partial charge in [0.1, 0.15) is 0 Å². The Kier molecular flexibility index (Phi) is 7.11. The smallest absolute Gasteiger partial charge is 0.320 e. The molecule has 0 spiro atoms. The summed E-state index contributed by atoms with van der Waals surface area (Å²) in [6.07, 6.45) is 0.294. The Morgan fingerprint density at radius 2 is 1.39 bits per heavy atom. The van der Waals surface area contributed by atoms with E-state index in [0.29, 0.717) is 12.1 Å². The molecule has 0 N–H and O–H groups in total. The third kappa shape index (κ3) is 5.62. The normalized spacial score (nSPS) is 21.5. The lowest BCUT2D eigenvalue weighted by molar-refractivity contribution is 0.0436. The number of ether oxygens (including phenoxy) is 1. The fraction of sp³-hybridized carbons (Fsp3) is 0.941. The number of hydrogen-bond acceptors (Lipinski definition) is 4. The predicted octanol–water partition coefficient (Wildman–Crippen LogP) is 1.18. The maximum Gasteiger partial charge on any atom is 0.320 e. The van der Waals surface area contributed by atoms with Crippen molar-refractivity contribution in [2.75, 3.05) is 65.5 Å². The van der Waals surface area contributed by atoms with Gasteiger partial charge in [0.05, 0.1) is 12.7 Å². The highest BCUT2D eigenvalue weighted by Gasteiger charge is 2.28. The van der Waals surface area contributed by atoms with Crippen molar-refractivity contribution in [2.24, 2.45) is 0 Å². The molecule has 2 heterocycles. The number of carbonyl (C=O) groups excluding carboxylic acids is 1. The van der Waals surface area contributed by atoms with Crippen LogP contribution in [-0.4, -0.2) is 103 Å². The number of urea groups is 1. The van der Waals surface area contributed by atoms with Crippen LogP contribution < -0.4 is 0 Å². The zero-order valence-corrected chi connectivity index (χ0v) is 15.3. The van der Waals surface area contributed by atoms with Crippen LogP contribution in [0.4, 0.5) is 4.79 Å². The molecule has 0 saturated carbocycles. The highest BCUT2D eigenvalue weighted by Crippen LogP contribution is 2.10. The molecule has 0 aromatic heterocycles. The maximum absolute atomic E-state index is 12.6. The summed E-state index contributed by atoms with van der Waals surface area (Å²) in [6, 6.07) is 0.801. The van der Waals surface area contributed by atoms with Crippen LogP contribution in [0.2, 0.25) is 0 Å². The van der Waals surface area contributed by atoms with Crippen LogP contribution in [0.3, 0.4) is 0 Å². The lowest BCUT2D eigenvalue weighted by atomic mass is 10.2. The average Bonchev–Trinajstić information content (AvgIpc) is 2.54. The summed E-state index contributed by atoms with van der Waals surface area (Å²) in [6.45, 7) is 17.6. The Labute approximate surface area is 141 Å². The molecule has 2 aliphatic rings. The summed E-state index contributed by atoms with van der Waals surface area (Å²) in [5, 5.41) is 0. The monoisotopic (exact) mass is 326 g/mol. The zero-order valence-electron chi connectivity index (χ0n) is 15.3. The van der Waals surface area contributed by atoms with E-state index in [4.69, 9.17) is 4.74 Å². The van der Waals surface area contributed by atoms with Crippen LogP contribution in [0.25, 0.3) is 0 Å². The molecule has 6 heteroatoms. The molecule has 0 aliphatic carbocycles. The van der Waals surface area contributed by atoms with Gasteiger partial charge in [-0.1, -0.05) is 0 Å². The van der Waals surface area contributed by atoms with Gasteiger partial charge in [0.25, 0.3) is 0 Å². The van der Waals surface area contributed by atoms with Crippen molar-refractivity contribution in [3.63, 3.8) is 0 Å². The topological polar surface area (TPSA) is 39.3 Å². The Hall–Kier alpha value is -0.850. The van der Waals surface area contributed by atoms with Crippen molar-refractivity contribution in [1.82, 2.24) is 19.6 Å². The quantitative estimate of drug-likeness (QED) is 0.760. The number of carbonyl (C=O) groups is 1. The van der Waals surface area contributed by atoms with E-state index in [1.165, 1.54) is 0 Å². The molecule has 6 nitrogen and oxygen atoms in total. The second kappa shape index (κ2) is 8.85. The van der Waals surface area contributed by atoms with Gasteiger partial charge in [-0.3, -0.25) is 9.80 Å². The standard InChI is InChI=1S/C17H34N4O2/c1-15(2)19-9-11-21(12-10-19)17(22)20-7-5-18(6-8-20)13-14-23-16(3)4/h15-16H,5-14H2,1-4H3. The molecule has 0 atom stereocenters. The minimum absolute atomic E-state index is 0.228. The molecule has 0 aromatic rings. The van der Waals surface area contributed by atoms with E-state index >= 15 is 0 Å². The second-order valence-corrected chi connectivity index (χ2v) is 7.15. The van der Waals surface area contributed by atoms with Crippen molar-refractivity contribution in [3.8, 4) is 0 Å². The van der Waals surface area contributed by atoms with Crippen molar-refractivity contribution in [3.05, 3.63) is 0 Å². The summed E-state index contributed by atoms with van der Waals surface area (Å²) >= 11 is 0. The van der Waals surface area contributed by atoms with E-state index in [-0.39, 0.29) is 6.03 Å². The van der Waals surface area contributed by atoms with Crippen LogP contribution >= 0.6 is 0 Å². The summed E-state index contributed by atoms with van der Waals surface area (Å²) in [7, 11) is 0. The molecule has 2 saturated heterocycles. The van der Waals surface area contributed by atoms with E-state index in [2.05, 4.69) is 37.5 Å². The number of hydrogen-bond donors (Lipinski definition) is 0. The fourth-order valence-electron chi connectivity index (χ4n) is 3.21. The molecule has 2 fully saturated rings. The van der Waals surface area contributed by atoms with Gasteiger partial charge in [0.15, 0.2) is 0 Å². The molecule has 2 aliphatic heterocycles. The summed E-state index contributed by atoms with van der Waals surface area (Å²) in [4.78, 5) is 21.5. The molecule has 134 valence electrons. The van der Waals surface area contributed by atoms with Crippen LogP contribution in [0.5, 0.6) is 0 Å². The van der Waals surface area contributed by atoms with Gasteiger partial charge in [-0.05, 0) is 27.7 Å². The molecule has 0 aromatic carbocycles. The van der Waals surface area contributed by atoms with Gasteiger partial charge in [0, 0.05) is 64.9 Å². The van der Waals surface area contributed by atoms with E-state index in [9.17, 15) is 4.79 Å². The van der Waals surface area contributed by atoms with Crippen molar-refractivity contribution >= 4 is 6.03 Å². The summed E-state index contributed by atoms with van der Waals surface area (Å²) in [5.41, 5.74) is 0. The Bertz CT molecular complexity index is 360. The van der Waals surface area contributed by atoms with Gasteiger partial charge >= 0.3 is 6.03 Å². The Balaban J connectivity index is 1.68. The van der Waals surface area contributed by atoms with Gasteiger partial charge in [-0.2, -0.15) is 0 Å². The molecule has 2 amide bonds. The third-order valence-electron chi connectivity index (χ3n) is 4.82. The van der Waals surface area contributed by atoms with Gasteiger partial charge < -0.3 is 14.5 Å². The molecule has 0 radical (unpaired) electrons. The van der Waals surface area contributed by atoms with Gasteiger partial charge in [0.2, 0.25) is 0 Å². The van der Waals surface area contributed by atoms with E-state index in [1.54, 1.807) is 0 Å². The van der Waals surface area contributed by atoms with Crippen LogP contribution in [0.1, 0.15) is 27.7 Å². The van der Waals surface area contributed by atoms with Gasteiger partial charge in [-0.25, -0.2) is 4.79 Å². The zero-order chi connectivity index (χ0) is 16.8. The first-order chi connectivity index (χ1) is 11.0. The average molecular weight is 326 g/mol. The van der Waals surface area contributed by atoms with Crippen LogP contribution in [0.15, 0.2) is 0 Å². The molecular formula is C17H34N4O2. The molecule has 0 unspecified atom stereocenters. The first kappa shape index (κ1) is 18.5. The Morgan fingerprint density at radius 3 is 1.87 bits per heavy atom. The fourth-order valence-corrected chi connectivity index (χ4v) is 3.21. The Morgan fingerprint density at radius 1 is 0.870 bits per heavy atom. The maximum atomic E-state index is 12.6. The second-order valence-electron chi connectivity index (χ2n) is 7.15. The van der Waals surface area contributed by atoms with Crippen molar-refractivity contribution < 1.29 is 9.53 Å². The summed E-state index contributed by atoms with van der Waals surface area (Å²) in [5.74, 6) is 0. The minimum Gasteiger partial charge on any atom is -0.377 e. The summed E-state index contributed by atoms with van der Waals surface area (Å²) < 4.78 is 5.61. The molecule has 0 bridgehead atoms. The number of piperazine rings is 2. The highest BCUT2D eigenvalue weighted by molar-refractivity contribution is 5.74. The van der Waals surface area contributed by atoms with Crippen LogP contribution in [0, 0.1) is 0 Å². The number of rotatable bonds is 5. The van der Waals surface area contributed by atoms with Gasteiger partial charge in [-0.15, -0.1) is 0 Å². The van der Waals surface area contributed by atoms with E-state index < -0.39 is 0 Å². The van der Waals surface area contributed by atoms with E-state index in [0.717, 1.165) is 65.5 Å². The number of nitrogens with zero attached hydrogens (tertiary/aromatic N) is 4. The highest BCUT2D eigenvalue weighted by atomic mass is 16.5. The molecular weight excluding hydrogens is 292 g/mol. The predicted molar refractivity (Wildman–Crippen MR) is 92.8 cm³/mol. The lowest BCUT2D eigenvalue weighted by Crippen LogP contribution is -2.57. The number of amides is 2.